The minimum Gasteiger partial charge on any atom is -0.481 e. The van der Waals surface area contributed by atoms with Gasteiger partial charge in [0.15, 0.2) is 5.96 Å². The molecule has 37 heavy (non-hydrogen) atoms. The Bertz CT molecular complexity index is 1280. The number of carboxylic acid groups (broad SMARTS) is 1. The standard InChI is InChI=1S/C27H30N6O4/c1-2-19-13-14-29-25(22(19)11-12-24(35)36)33-23(34)17-30-26(37)20-9-6-10-21(15-20)32-27(28)31-16-18-7-4-3-5-8-18/h3-10,13-15H,2,11-12,16-17H2,1H3,(H,30,37)(H,35,36)(H3,28,31,32)(H,29,33,34). The summed E-state index contributed by atoms with van der Waals surface area (Å²) in [4.78, 5) is 44.7. The average Bonchev–Trinajstić information content (AvgIpc) is 2.90. The summed E-state index contributed by atoms with van der Waals surface area (Å²) in [6, 6.07) is 18.1. The lowest BCUT2D eigenvalue weighted by atomic mass is 10.0. The third kappa shape index (κ3) is 8.46. The predicted octanol–water partition coefficient (Wildman–Crippen LogP) is 2.96. The number of carboxylic acids is 1. The van der Waals surface area contributed by atoms with Gasteiger partial charge in [-0.2, -0.15) is 0 Å². The van der Waals surface area contributed by atoms with E-state index in [1.54, 1.807) is 36.5 Å². The average molecular weight is 503 g/mol. The molecule has 10 heteroatoms. The van der Waals surface area contributed by atoms with Gasteiger partial charge in [0, 0.05) is 23.9 Å². The minimum atomic E-state index is -0.934. The molecule has 1 aromatic heterocycles. The van der Waals surface area contributed by atoms with E-state index in [0.717, 1.165) is 11.1 Å². The number of aliphatic carboxylic acids is 1. The first-order valence-corrected chi connectivity index (χ1v) is 11.8. The highest BCUT2D eigenvalue weighted by Crippen LogP contribution is 2.20. The van der Waals surface area contributed by atoms with Crippen LogP contribution in [0.25, 0.3) is 0 Å². The van der Waals surface area contributed by atoms with Gasteiger partial charge in [0.1, 0.15) is 5.82 Å². The van der Waals surface area contributed by atoms with E-state index in [0.29, 0.717) is 35.6 Å². The second-order valence-corrected chi connectivity index (χ2v) is 8.17. The van der Waals surface area contributed by atoms with Gasteiger partial charge in [0.2, 0.25) is 5.91 Å². The largest absolute Gasteiger partial charge is 0.481 e. The lowest BCUT2D eigenvalue weighted by molar-refractivity contribution is -0.137. The molecule has 3 aromatic rings. The van der Waals surface area contributed by atoms with Gasteiger partial charge < -0.3 is 26.8 Å². The quantitative estimate of drug-likeness (QED) is 0.199. The van der Waals surface area contributed by atoms with Gasteiger partial charge in [-0.05, 0) is 53.8 Å². The molecule has 0 saturated heterocycles. The molecule has 192 valence electrons. The normalized spacial score (nSPS) is 11.0. The molecule has 0 spiro atoms. The molecule has 0 atom stereocenters. The Hall–Kier alpha value is -4.73. The van der Waals surface area contributed by atoms with E-state index in [4.69, 9.17) is 10.8 Å². The molecule has 2 amide bonds. The van der Waals surface area contributed by atoms with Crippen molar-refractivity contribution in [2.24, 2.45) is 10.7 Å². The molecule has 0 unspecified atom stereocenters. The van der Waals surface area contributed by atoms with Gasteiger partial charge >= 0.3 is 5.97 Å². The number of hydrogen-bond donors (Lipinski definition) is 5. The highest BCUT2D eigenvalue weighted by molar-refractivity contribution is 6.00. The van der Waals surface area contributed by atoms with Gasteiger partial charge in [-0.3, -0.25) is 14.4 Å². The number of guanidine groups is 1. The summed E-state index contributed by atoms with van der Waals surface area (Å²) in [6.45, 7) is 2.08. The molecule has 0 aliphatic carbocycles. The van der Waals surface area contributed by atoms with Crippen LogP contribution in [0.5, 0.6) is 0 Å². The van der Waals surface area contributed by atoms with Crippen LogP contribution in [0.2, 0.25) is 0 Å². The first kappa shape index (κ1) is 26.9. The summed E-state index contributed by atoms with van der Waals surface area (Å²) in [5.74, 6) is -1.34. The van der Waals surface area contributed by atoms with Crippen molar-refractivity contribution in [2.45, 2.75) is 32.7 Å². The number of anilines is 2. The number of carbonyl (C=O) groups is 3. The highest BCUT2D eigenvalue weighted by Gasteiger charge is 2.14. The van der Waals surface area contributed by atoms with Crippen molar-refractivity contribution < 1.29 is 19.5 Å². The number of aryl methyl sites for hydroxylation is 1. The van der Waals surface area contributed by atoms with Crippen LogP contribution in [0.4, 0.5) is 11.5 Å². The fourth-order valence-corrected chi connectivity index (χ4v) is 3.61. The van der Waals surface area contributed by atoms with E-state index in [1.165, 1.54) is 0 Å². The maximum atomic E-state index is 12.6. The lowest BCUT2D eigenvalue weighted by Crippen LogP contribution is -2.33. The number of nitrogens with two attached hydrogens (primary N) is 1. The van der Waals surface area contributed by atoms with E-state index in [2.05, 4.69) is 25.9 Å². The maximum Gasteiger partial charge on any atom is 0.303 e. The van der Waals surface area contributed by atoms with Crippen LogP contribution >= 0.6 is 0 Å². The molecule has 2 aromatic carbocycles. The van der Waals surface area contributed by atoms with Gasteiger partial charge in [0.25, 0.3) is 5.91 Å². The molecule has 10 nitrogen and oxygen atoms in total. The number of aliphatic imine (C=N–C) groups is 1. The SMILES string of the molecule is CCc1ccnc(NC(=O)CNC(=O)c2cccc(NC(N)=NCc3ccccc3)c2)c1CCC(=O)O. The Balaban J connectivity index is 1.57. The van der Waals surface area contributed by atoms with Crippen LogP contribution in [0.3, 0.4) is 0 Å². The Labute approximate surface area is 215 Å². The van der Waals surface area contributed by atoms with Gasteiger partial charge in [0.05, 0.1) is 13.1 Å². The van der Waals surface area contributed by atoms with E-state index in [1.807, 2.05) is 37.3 Å². The van der Waals surface area contributed by atoms with Crippen molar-refractivity contribution in [3.8, 4) is 0 Å². The second kappa shape index (κ2) is 13.4. The van der Waals surface area contributed by atoms with E-state index in [-0.39, 0.29) is 25.3 Å². The van der Waals surface area contributed by atoms with Crippen LogP contribution < -0.4 is 21.7 Å². The number of amides is 2. The van der Waals surface area contributed by atoms with Gasteiger partial charge in [-0.1, -0.05) is 43.3 Å². The molecular weight excluding hydrogens is 472 g/mol. The van der Waals surface area contributed by atoms with Gasteiger partial charge in [-0.25, -0.2) is 9.98 Å². The smallest absolute Gasteiger partial charge is 0.303 e. The first-order chi connectivity index (χ1) is 17.9. The molecule has 0 aliphatic rings. The van der Waals surface area contributed by atoms with E-state index < -0.39 is 17.8 Å². The highest BCUT2D eigenvalue weighted by atomic mass is 16.4. The van der Waals surface area contributed by atoms with Crippen LogP contribution in [0, 0.1) is 0 Å². The molecule has 0 fully saturated rings. The number of carbonyl (C=O) groups excluding carboxylic acids is 2. The molecule has 1 heterocycles. The van der Waals surface area contributed by atoms with Crippen LogP contribution in [-0.4, -0.2) is 40.4 Å². The zero-order valence-electron chi connectivity index (χ0n) is 20.5. The van der Waals surface area contributed by atoms with Crippen LogP contribution in [0.1, 0.15) is 40.4 Å². The van der Waals surface area contributed by atoms with E-state index >= 15 is 0 Å². The van der Waals surface area contributed by atoms with Crippen LogP contribution in [0.15, 0.2) is 71.9 Å². The van der Waals surface area contributed by atoms with Crippen molar-refractivity contribution in [3.63, 3.8) is 0 Å². The summed E-state index contributed by atoms with van der Waals surface area (Å²) in [5.41, 5.74) is 9.49. The summed E-state index contributed by atoms with van der Waals surface area (Å²) in [6.07, 6.45) is 2.39. The Kier molecular flexibility index (Phi) is 9.72. The number of pyridine rings is 1. The minimum absolute atomic E-state index is 0.0792. The number of nitrogens with one attached hydrogen (secondary N) is 3. The molecule has 6 N–H and O–H groups in total. The van der Waals surface area contributed by atoms with Gasteiger partial charge in [-0.15, -0.1) is 0 Å². The first-order valence-electron chi connectivity index (χ1n) is 11.8. The zero-order valence-corrected chi connectivity index (χ0v) is 20.5. The molecule has 0 bridgehead atoms. The fourth-order valence-electron chi connectivity index (χ4n) is 3.61. The summed E-state index contributed by atoms with van der Waals surface area (Å²) >= 11 is 0. The van der Waals surface area contributed by atoms with Crippen molar-refractivity contribution in [1.29, 1.82) is 0 Å². The molecule has 0 radical (unpaired) electrons. The molecule has 0 saturated carbocycles. The predicted molar refractivity (Wildman–Crippen MR) is 142 cm³/mol. The molecule has 3 rings (SSSR count). The second-order valence-electron chi connectivity index (χ2n) is 8.17. The third-order valence-electron chi connectivity index (χ3n) is 5.46. The fraction of sp³-hybridized carbons (Fsp3) is 0.222. The summed E-state index contributed by atoms with van der Waals surface area (Å²) in [7, 11) is 0. The molecule has 0 aliphatic heterocycles. The number of aromatic nitrogens is 1. The summed E-state index contributed by atoms with van der Waals surface area (Å²) < 4.78 is 0. The number of nitrogens with zero attached hydrogens (tertiary/aromatic N) is 2. The monoisotopic (exact) mass is 502 g/mol. The Morgan fingerprint density at radius 1 is 1.03 bits per heavy atom. The number of hydrogen-bond acceptors (Lipinski definition) is 5. The van der Waals surface area contributed by atoms with Crippen molar-refractivity contribution in [1.82, 2.24) is 10.3 Å². The molecular formula is C27H30N6O4. The topological polar surface area (TPSA) is 159 Å². The maximum absolute atomic E-state index is 12.6. The Morgan fingerprint density at radius 3 is 2.54 bits per heavy atom. The van der Waals surface area contributed by atoms with Crippen LogP contribution in [-0.2, 0) is 29.0 Å². The summed E-state index contributed by atoms with van der Waals surface area (Å²) in [5, 5.41) is 17.3. The zero-order chi connectivity index (χ0) is 26.6. The Morgan fingerprint density at radius 2 is 1.81 bits per heavy atom. The van der Waals surface area contributed by atoms with E-state index in [9.17, 15) is 14.4 Å². The van der Waals surface area contributed by atoms with Crippen molar-refractivity contribution >= 4 is 35.2 Å². The number of benzene rings is 2. The third-order valence-corrected chi connectivity index (χ3v) is 5.46. The van der Waals surface area contributed by atoms with Crippen molar-refractivity contribution in [2.75, 3.05) is 17.2 Å². The van der Waals surface area contributed by atoms with Crippen molar-refractivity contribution in [3.05, 3.63) is 89.1 Å². The lowest BCUT2D eigenvalue weighted by Gasteiger charge is -2.14. The number of rotatable bonds is 11.